The Morgan fingerprint density at radius 3 is 2.50 bits per heavy atom. The van der Waals surface area contributed by atoms with Crippen LogP contribution in [0.2, 0.25) is 5.02 Å². The molecule has 0 bridgehead atoms. The highest BCUT2D eigenvalue weighted by Crippen LogP contribution is 2.34. The number of aromatic nitrogens is 2. The van der Waals surface area contributed by atoms with Gasteiger partial charge in [0.25, 0.3) is 0 Å². The molecule has 2 aliphatic heterocycles. The largest absolute Gasteiger partial charge is 0.611 e. The maximum atomic E-state index is 12.6. The molecule has 2 aromatic carbocycles. The third-order valence-corrected chi connectivity index (χ3v) is 7.34. The van der Waals surface area contributed by atoms with Crippen LogP contribution in [0.5, 0.6) is 0 Å². The number of anilines is 4. The summed E-state index contributed by atoms with van der Waals surface area (Å²) in [6.07, 6.45) is 0.679. The molecular formula is C22H21ClN6O2S. The van der Waals surface area contributed by atoms with Gasteiger partial charge in [-0.3, -0.25) is 0 Å². The Morgan fingerprint density at radius 2 is 1.78 bits per heavy atom. The highest BCUT2D eigenvalue weighted by molar-refractivity contribution is 7.91. The molecule has 8 nitrogen and oxygen atoms in total. The average Bonchev–Trinajstić information content (AvgIpc) is 3.20. The van der Waals surface area contributed by atoms with Gasteiger partial charge in [0.1, 0.15) is 17.1 Å². The number of hydrogen-bond acceptors (Lipinski definition) is 8. The molecule has 1 aromatic heterocycles. The predicted molar refractivity (Wildman–Crippen MR) is 128 cm³/mol. The first kappa shape index (κ1) is 21.0. The van der Waals surface area contributed by atoms with E-state index in [1.165, 1.54) is 0 Å². The molecule has 1 saturated heterocycles. The second-order valence-corrected chi connectivity index (χ2v) is 9.61. The van der Waals surface area contributed by atoms with E-state index < -0.39 is 11.2 Å². The van der Waals surface area contributed by atoms with E-state index in [0.29, 0.717) is 39.5 Å². The lowest BCUT2D eigenvalue weighted by molar-refractivity contribution is 0.598. The van der Waals surface area contributed by atoms with Crippen LogP contribution in [0.25, 0.3) is 0 Å². The summed E-state index contributed by atoms with van der Waals surface area (Å²) in [4.78, 5) is 25.3. The van der Waals surface area contributed by atoms with Crippen molar-refractivity contribution in [3.05, 3.63) is 64.2 Å². The van der Waals surface area contributed by atoms with Gasteiger partial charge in [0.15, 0.2) is 5.82 Å². The first-order chi connectivity index (χ1) is 15.6. The van der Waals surface area contributed by atoms with E-state index in [1.807, 2.05) is 36.4 Å². The number of halogens is 1. The highest BCUT2D eigenvalue weighted by atomic mass is 35.5. The first-order valence-electron chi connectivity index (χ1n) is 10.4. The van der Waals surface area contributed by atoms with Crippen LogP contribution in [0.1, 0.15) is 5.69 Å². The Hall–Kier alpha value is -2.88. The van der Waals surface area contributed by atoms with E-state index in [4.69, 9.17) is 21.6 Å². The number of nitrogens with zero attached hydrogens (tertiary/aromatic N) is 5. The lowest BCUT2D eigenvalue weighted by atomic mass is 10.2. The first-order valence-corrected chi connectivity index (χ1v) is 12.1. The Kier molecular flexibility index (Phi) is 5.86. The van der Waals surface area contributed by atoms with E-state index in [1.54, 1.807) is 12.1 Å². The van der Waals surface area contributed by atoms with Crippen LogP contribution in [-0.2, 0) is 17.6 Å². The monoisotopic (exact) mass is 468 g/mol. The zero-order chi connectivity index (χ0) is 22.1. The summed E-state index contributed by atoms with van der Waals surface area (Å²) in [5.74, 6) is 1.80. The summed E-state index contributed by atoms with van der Waals surface area (Å²) < 4.78 is 12.6. The fourth-order valence-corrected chi connectivity index (χ4v) is 5.50. The Bertz CT molecular complexity index is 1140. The van der Waals surface area contributed by atoms with Gasteiger partial charge in [0.05, 0.1) is 0 Å². The summed E-state index contributed by atoms with van der Waals surface area (Å²) >= 11 is 5.01. The molecule has 5 rings (SSSR count). The molecule has 1 N–H and O–H groups in total. The highest BCUT2D eigenvalue weighted by Gasteiger charge is 2.33. The van der Waals surface area contributed by atoms with Crippen molar-refractivity contribution in [2.75, 3.05) is 47.0 Å². The minimum Gasteiger partial charge on any atom is -0.611 e. The Morgan fingerprint density at radius 1 is 1.03 bits per heavy atom. The Balaban J connectivity index is 1.36. The van der Waals surface area contributed by atoms with Gasteiger partial charge in [-0.1, -0.05) is 17.7 Å². The van der Waals surface area contributed by atoms with E-state index in [9.17, 15) is 9.46 Å². The van der Waals surface area contributed by atoms with Gasteiger partial charge >= 0.3 is 0 Å². The topological polar surface area (TPSA) is 96.8 Å². The molecule has 1 atom stereocenters. The van der Waals surface area contributed by atoms with E-state index in [-0.39, 0.29) is 0 Å². The zero-order valence-electron chi connectivity index (χ0n) is 17.2. The molecule has 0 spiro atoms. The fourth-order valence-electron chi connectivity index (χ4n) is 4.00. The van der Waals surface area contributed by atoms with Crippen LogP contribution in [0, 0.1) is 4.91 Å². The van der Waals surface area contributed by atoms with Crippen LogP contribution < -0.4 is 15.1 Å². The quantitative estimate of drug-likeness (QED) is 0.441. The molecule has 10 heteroatoms. The maximum Gasteiger partial charge on any atom is 0.228 e. The summed E-state index contributed by atoms with van der Waals surface area (Å²) in [5.41, 5.74) is 3.13. The predicted octanol–water partition coefficient (Wildman–Crippen LogP) is 4.26. The van der Waals surface area contributed by atoms with Crippen LogP contribution in [0.3, 0.4) is 0 Å². The van der Waals surface area contributed by atoms with Crippen molar-refractivity contribution in [3.8, 4) is 0 Å². The van der Waals surface area contributed by atoms with Crippen molar-refractivity contribution in [1.29, 1.82) is 0 Å². The van der Waals surface area contributed by atoms with E-state index >= 15 is 0 Å². The van der Waals surface area contributed by atoms with Gasteiger partial charge in [-0.2, -0.15) is 4.98 Å². The van der Waals surface area contributed by atoms with Crippen molar-refractivity contribution in [2.45, 2.75) is 11.3 Å². The van der Waals surface area contributed by atoms with Crippen LogP contribution in [0.15, 0.2) is 58.6 Å². The molecule has 32 heavy (non-hydrogen) atoms. The number of aryl methyl sites for hydroxylation is 1. The standard InChI is InChI=1S/C22H21ClN6O2S/c23-15-2-1-3-17(14-15)24-21-20-19(8-13-32(20)31)25-22(26-21)29-11-9-28(10-12-29)18-6-4-16(27-30)5-7-18/h1-7,14H,8-13H2,(H,24,25,26). The molecule has 3 aromatic rings. The normalized spacial score (nSPS) is 17.9. The van der Waals surface area contributed by atoms with E-state index in [0.717, 1.165) is 43.2 Å². The van der Waals surface area contributed by atoms with Crippen LogP contribution in [0.4, 0.5) is 28.8 Å². The number of nitroso groups, excluding NO2 is 1. The Labute approximate surface area is 193 Å². The van der Waals surface area contributed by atoms with Crippen molar-refractivity contribution < 1.29 is 4.55 Å². The molecule has 0 aliphatic carbocycles. The average molecular weight is 469 g/mol. The number of piperazine rings is 1. The number of fused-ring (bicyclic) bond motifs is 1. The lowest BCUT2D eigenvalue weighted by Gasteiger charge is -2.36. The van der Waals surface area contributed by atoms with Gasteiger partial charge in [-0.25, -0.2) is 4.98 Å². The number of hydrogen-bond donors (Lipinski definition) is 1. The maximum absolute atomic E-state index is 12.6. The molecule has 1 fully saturated rings. The summed E-state index contributed by atoms with van der Waals surface area (Å²) in [6.45, 7) is 3.12. The molecule has 0 amide bonds. The van der Waals surface area contributed by atoms with Gasteiger partial charge in [-0.15, -0.1) is 4.91 Å². The van der Waals surface area contributed by atoms with Crippen molar-refractivity contribution >= 4 is 51.6 Å². The van der Waals surface area contributed by atoms with Gasteiger partial charge in [-0.05, 0) is 58.8 Å². The summed E-state index contributed by atoms with van der Waals surface area (Å²) in [5, 5.41) is 6.88. The summed E-state index contributed by atoms with van der Waals surface area (Å²) in [7, 11) is 0. The molecule has 1 unspecified atom stereocenters. The molecule has 0 saturated carbocycles. The van der Waals surface area contributed by atoms with Crippen molar-refractivity contribution in [2.24, 2.45) is 5.18 Å². The molecule has 0 radical (unpaired) electrons. The summed E-state index contributed by atoms with van der Waals surface area (Å²) in [6, 6.07) is 14.7. The van der Waals surface area contributed by atoms with Gasteiger partial charge in [0.2, 0.25) is 10.8 Å². The van der Waals surface area contributed by atoms with E-state index in [2.05, 4.69) is 20.3 Å². The second kappa shape index (κ2) is 8.93. The lowest BCUT2D eigenvalue weighted by Crippen LogP contribution is -2.47. The fraction of sp³-hybridized carbons (Fsp3) is 0.273. The number of nitrogens with one attached hydrogen (secondary N) is 1. The third-order valence-electron chi connectivity index (χ3n) is 5.65. The van der Waals surface area contributed by atoms with Crippen LogP contribution >= 0.6 is 11.6 Å². The zero-order valence-corrected chi connectivity index (χ0v) is 18.8. The molecule has 2 aliphatic rings. The number of benzene rings is 2. The molecule has 164 valence electrons. The number of rotatable bonds is 5. The SMILES string of the molecule is O=Nc1ccc(N2CCN(c3nc4c(c(Nc5cccc(Cl)c5)n3)[S+]([O-])CC4)CC2)cc1. The van der Waals surface area contributed by atoms with Crippen LogP contribution in [-0.4, -0.2) is 46.5 Å². The minimum absolute atomic E-state index is 0.427. The molecule has 3 heterocycles. The van der Waals surface area contributed by atoms with Gasteiger partial charge < -0.3 is 19.7 Å². The molecular weight excluding hydrogens is 448 g/mol. The smallest absolute Gasteiger partial charge is 0.228 e. The van der Waals surface area contributed by atoms with Crippen molar-refractivity contribution in [3.63, 3.8) is 0 Å². The minimum atomic E-state index is -1.11. The van der Waals surface area contributed by atoms with Gasteiger partial charge in [0, 0.05) is 49.0 Å². The second-order valence-electron chi connectivity index (χ2n) is 7.66. The third kappa shape index (κ3) is 4.23. The van der Waals surface area contributed by atoms with Crippen molar-refractivity contribution in [1.82, 2.24) is 9.97 Å².